The van der Waals surface area contributed by atoms with Gasteiger partial charge < -0.3 is 14.6 Å². The first-order valence-corrected chi connectivity index (χ1v) is 9.37. The minimum Gasteiger partial charge on any atom is -0.494 e. The molecule has 8 nitrogen and oxygen atoms in total. The number of para-hydroxylation sites is 1. The first-order valence-electron chi connectivity index (χ1n) is 9.37. The Bertz CT molecular complexity index is 1380. The van der Waals surface area contributed by atoms with Crippen LogP contribution in [0.1, 0.15) is 5.56 Å². The summed E-state index contributed by atoms with van der Waals surface area (Å²) in [6.45, 7) is 0. The summed E-state index contributed by atoms with van der Waals surface area (Å²) < 4.78 is 61.9. The lowest BCUT2D eigenvalue weighted by Crippen LogP contribution is -2.11. The zero-order valence-electron chi connectivity index (χ0n) is 17.1. The molecule has 12 heteroatoms. The number of hydrogen-bond donors (Lipinski definition) is 1. The zero-order chi connectivity index (χ0) is 23.9. The average molecular weight is 461 g/mol. The highest BCUT2D eigenvalue weighted by Gasteiger charge is 2.36. The lowest BCUT2D eigenvalue weighted by atomic mass is 10.1. The Labute approximate surface area is 183 Å². The molecule has 0 saturated carbocycles. The molecule has 0 aliphatic carbocycles. The number of benzene rings is 2. The van der Waals surface area contributed by atoms with Crippen LogP contribution in [0.2, 0.25) is 0 Å². The number of fused-ring (bicyclic) bond motifs is 1. The zero-order valence-corrected chi connectivity index (χ0v) is 17.1. The van der Waals surface area contributed by atoms with E-state index >= 15 is 0 Å². The van der Waals surface area contributed by atoms with Crippen LogP contribution in [0.25, 0.3) is 22.2 Å². The maximum Gasteiger partial charge on any atom is 0.419 e. The van der Waals surface area contributed by atoms with Gasteiger partial charge in [-0.1, -0.05) is 18.2 Å². The number of anilines is 2. The van der Waals surface area contributed by atoms with Crippen LogP contribution in [-0.2, 0) is 13.2 Å². The van der Waals surface area contributed by atoms with Gasteiger partial charge in [-0.2, -0.15) is 17.6 Å². The third kappa shape index (κ3) is 4.02. The molecular formula is C21H15F4N5O3. The summed E-state index contributed by atoms with van der Waals surface area (Å²) in [7, 11) is 2.91. The summed E-state index contributed by atoms with van der Waals surface area (Å²) in [6.07, 6.45) is -2.59. The fraction of sp³-hybridized carbons (Fsp3) is 0.143. The van der Waals surface area contributed by atoms with Gasteiger partial charge >= 0.3 is 11.9 Å². The molecule has 4 aromatic rings. The number of nitrogens with zero attached hydrogens (tertiary/aromatic N) is 4. The van der Waals surface area contributed by atoms with Crippen LogP contribution in [-0.4, -0.2) is 26.6 Å². The van der Waals surface area contributed by atoms with E-state index in [4.69, 9.17) is 4.74 Å². The molecule has 0 atom stereocenters. The van der Waals surface area contributed by atoms with Gasteiger partial charge in [-0.15, -0.1) is 0 Å². The maximum atomic E-state index is 13.9. The topological polar surface area (TPSA) is 95.1 Å². The van der Waals surface area contributed by atoms with Crippen LogP contribution in [0, 0.1) is 15.9 Å². The molecule has 0 bridgehead atoms. The molecule has 0 aliphatic rings. The van der Waals surface area contributed by atoms with Crippen LogP contribution in [0.3, 0.4) is 0 Å². The largest absolute Gasteiger partial charge is 0.494 e. The molecule has 2 heterocycles. The molecule has 0 saturated heterocycles. The molecule has 0 aliphatic heterocycles. The maximum absolute atomic E-state index is 13.9. The summed E-state index contributed by atoms with van der Waals surface area (Å²) in [4.78, 5) is 17.9. The van der Waals surface area contributed by atoms with E-state index < -0.39 is 28.2 Å². The van der Waals surface area contributed by atoms with Gasteiger partial charge in [0.1, 0.15) is 11.3 Å². The Morgan fingerprint density at radius 3 is 2.61 bits per heavy atom. The third-order valence-corrected chi connectivity index (χ3v) is 4.96. The number of nitro groups is 1. The van der Waals surface area contributed by atoms with Crippen molar-refractivity contribution in [1.82, 2.24) is 14.5 Å². The summed E-state index contributed by atoms with van der Waals surface area (Å²) in [6, 6.07) is 8.53. The Hall–Kier alpha value is -4.22. The number of alkyl halides is 3. The molecule has 0 radical (unpaired) electrons. The van der Waals surface area contributed by atoms with Gasteiger partial charge in [-0.05, 0) is 6.07 Å². The Kier molecular flexibility index (Phi) is 5.36. The van der Waals surface area contributed by atoms with Gasteiger partial charge in [0.25, 0.3) is 0 Å². The highest BCUT2D eigenvalue weighted by molar-refractivity contribution is 5.96. The Morgan fingerprint density at radius 1 is 1.21 bits per heavy atom. The number of ether oxygens (including phenoxy) is 1. The van der Waals surface area contributed by atoms with E-state index in [1.807, 2.05) is 0 Å². The lowest BCUT2D eigenvalue weighted by molar-refractivity contribution is -0.387. The highest BCUT2D eigenvalue weighted by Crippen LogP contribution is 2.40. The van der Waals surface area contributed by atoms with Crippen LogP contribution in [0.15, 0.2) is 48.8 Å². The summed E-state index contributed by atoms with van der Waals surface area (Å²) in [5.74, 6) is -1.54. The second-order valence-electron chi connectivity index (χ2n) is 7.01. The summed E-state index contributed by atoms with van der Waals surface area (Å²) >= 11 is 0. The first-order chi connectivity index (χ1) is 15.6. The van der Waals surface area contributed by atoms with E-state index in [2.05, 4.69) is 15.3 Å². The highest BCUT2D eigenvalue weighted by atomic mass is 19.4. The molecule has 170 valence electrons. The van der Waals surface area contributed by atoms with Crippen molar-refractivity contribution >= 4 is 28.2 Å². The fourth-order valence-corrected chi connectivity index (χ4v) is 3.46. The predicted octanol–water partition coefficient (Wildman–Crippen LogP) is 5.45. The standard InChI is InChI=1S/C21H15F4N5O3/c1-29-10-12(11-5-3-4-6-16(11)29)19-13(21(23,24)25)9-26-20(28-19)27-15-8-17(30(31)32)14(22)7-18(15)33-2/h3-10H,1-2H3,(H,26,27,28). The molecule has 0 amide bonds. The second-order valence-corrected chi connectivity index (χ2v) is 7.01. The van der Waals surface area contributed by atoms with E-state index in [0.717, 1.165) is 12.1 Å². The number of aromatic nitrogens is 3. The SMILES string of the molecule is COc1cc(F)c([N+](=O)[O-])cc1Nc1ncc(C(F)(F)F)c(-c2cn(C)c3ccccc23)n1. The molecule has 0 unspecified atom stereocenters. The Balaban J connectivity index is 1.88. The number of methoxy groups -OCH3 is 1. The number of hydrogen-bond acceptors (Lipinski definition) is 6. The third-order valence-electron chi connectivity index (χ3n) is 4.96. The van der Waals surface area contributed by atoms with Crippen LogP contribution in [0.4, 0.5) is 34.9 Å². The fourth-order valence-electron chi connectivity index (χ4n) is 3.46. The van der Waals surface area contributed by atoms with Crippen molar-refractivity contribution in [2.75, 3.05) is 12.4 Å². The predicted molar refractivity (Wildman–Crippen MR) is 112 cm³/mol. The molecule has 0 spiro atoms. The van der Waals surface area contributed by atoms with E-state index in [-0.39, 0.29) is 28.6 Å². The van der Waals surface area contributed by atoms with Crippen LogP contribution >= 0.6 is 0 Å². The van der Waals surface area contributed by atoms with Crippen molar-refractivity contribution < 1.29 is 27.2 Å². The molecular weight excluding hydrogens is 446 g/mol. The van der Waals surface area contributed by atoms with Gasteiger partial charge in [0.2, 0.25) is 11.8 Å². The van der Waals surface area contributed by atoms with Crippen molar-refractivity contribution in [3.8, 4) is 17.0 Å². The van der Waals surface area contributed by atoms with Crippen molar-refractivity contribution in [3.63, 3.8) is 0 Å². The molecule has 4 rings (SSSR count). The van der Waals surface area contributed by atoms with E-state index in [1.54, 1.807) is 35.9 Å². The van der Waals surface area contributed by atoms with E-state index in [9.17, 15) is 27.7 Å². The first kappa shape index (κ1) is 22.0. The normalized spacial score (nSPS) is 11.6. The van der Waals surface area contributed by atoms with Crippen molar-refractivity contribution in [3.05, 3.63) is 70.3 Å². The van der Waals surface area contributed by atoms with Gasteiger partial charge in [0.15, 0.2) is 0 Å². The lowest BCUT2D eigenvalue weighted by Gasteiger charge is -2.14. The molecule has 2 aromatic heterocycles. The van der Waals surface area contributed by atoms with Crippen molar-refractivity contribution in [2.24, 2.45) is 7.05 Å². The quantitative estimate of drug-likeness (QED) is 0.241. The van der Waals surface area contributed by atoms with Gasteiger partial charge in [-0.25, -0.2) is 9.97 Å². The number of nitro benzene ring substituents is 1. The molecule has 33 heavy (non-hydrogen) atoms. The van der Waals surface area contributed by atoms with Crippen molar-refractivity contribution in [2.45, 2.75) is 6.18 Å². The number of halogens is 4. The second kappa shape index (κ2) is 8.04. The smallest absolute Gasteiger partial charge is 0.419 e. The number of nitrogens with one attached hydrogen (secondary N) is 1. The van der Waals surface area contributed by atoms with E-state index in [0.29, 0.717) is 17.1 Å². The minimum atomic E-state index is -4.74. The molecule has 1 N–H and O–H groups in total. The monoisotopic (exact) mass is 461 g/mol. The molecule has 0 fully saturated rings. The Morgan fingerprint density at radius 2 is 1.94 bits per heavy atom. The van der Waals surface area contributed by atoms with Crippen LogP contribution < -0.4 is 10.1 Å². The van der Waals surface area contributed by atoms with Gasteiger partial charge in [0.05, 0.1) is 23.4 Å². The average Bonchev–Trinajstić information content (AvgIpc) is 3.10. The number of aryl methyl sites for hydroxylation is 1. The minimum absolute atomic E-state index is 0.0887. The summed E-state index contributed by atoms with van der Waals surface area (Å²) in [5.41, 5.74) is -1.45. The van der Waals surface area contributed by atoms with Crippen molar-refractivity contribution in [1.29, 1.82) is 0 Å². The summed E-state index contributed by atoms with van der Waals surface area (Å²) in [5, 5.41) is 14.2. The van der Waals surface area contributed by atoms with E-state index in [1.165, 1.54) is 13.3 Å². The van der Waals surface area contributed by atoms with Crippen LogP contribution in [0.5, 0.6) is 5.75 Å². The molecule has 2 aromatic carbocycles. The van der Waals surface area contributed by atoms with Gasteiger partial charge in [-0.3, -0.25) is 10.1 Å². The number of rotatable bonds is 5. The van der Waals surface area contributed by atoms with Gasteiger partial charge in [0, 0.05) is 48.0 Å².